The molecule has 0 aliphatic carbocycles. The molecule has 1 aliphatic rings. The Labute approximate surface area is 146 Å². The predicted octanol–water partition coefficient (Wildman–Crippen LogP) is 3.06. The third-order valence-electron chi connectivity index (χ3n) is 4.84. The number of para-hydroxylation sites is 1. The summed E-state index contributed by atoms with van der Waals surface area (Å²) in [6, 6.07) is 17.7. The SMILES string of the molecule is C[C@@H](c1nc2ccccc2c(=O)[nH]1)N1CCO[C@H](c2ccccc2)C1. The summed E-state index contributed by atoms with van der Waals surface area (Å²) in [4.78, 5) is 22.3. The van der Waals surface area contributed by atoms with Crippen LogP contribution in [0, 0.1) is 0 Å². The smallest absolute Gasteiger partial charge is 0.258 e. The van der Waals surface area contributed by atoms with E-state index in [0.717, 1.165) is 18.6 Å². The highest BCUT2D eigenvalue weighted by atomic mass is 16.5. The van der Waals surface area contributed by atoms with Gasteiger partial charge < -0.3 is 9.72 Å². The van der Waals surface area contributed by atoms with Crippen LogP contribution in [0.1, 0.15) is 30.5 Å². The second-order valence-corrected chi connectivity index (χ2v) is 6.41. The number of nitrogens with zero attached hydrogens (tertiary/aromatic N) is 2. The molecule has 128 valence electrons. The first-order valence-corrected chi connectivity index (χ1v) is 8.62. The molecule has 0 spiro atoms. The third kappa shape index (κ3) is 3.21. The third-order valence-corrected chi connectivity index (χ3v) is 4.84. The quantitative estimate of drug-likeness (QED) is 0.799. The van der Waals surface area contributed by atoms with Crippen molar-refractivity contribution in [3.8, 4) is 0 Å². The number of nitrogens with one attached hydrogen (secondary N) is 1. The Kier molecular flexibility index (Phi) is 4.34. The molecule has 0 saturated carbocycles. The first kappa shape index (κ1) is 16.0. The number of morpholine rings is 1. The minimum absolute atomic E-state index is 0.0208. The summed E-state index contributed by atoms with van der Waals surface area (Å²) in [6.07, 6.45) is 0.0459. The largest absolute Gasteiger partial charge is 0.371 e. The molecule has 5 nitrogen and oxygen atoms in total. The van der Waals surface area contributed by atoms with Gasteiger partial charge in [-0.05, 0) is 24.6 Å². The van der Waals surface area contributed by atoms with Crippen molar-refractivity contribution < 1.29 is 4.74 Å². The summed E-state index contributed by atoms with van der Waals surface area (Å²) in [5, 5.41) is 0.627. The number of rotatable bonds is 3. The summed E-state index contributed by atoms with van der Waals surface area (Å²) < 4.78 is 5.94. The van der Waals surface area contributed by atoms with Crippen molar-refractivity contribution in [3.63, 3.8) is 0 Å². The molecule has 1 aliphatic heterocycles. The standard InChI is InChI=1S/C20H21N3O2/c1-14(19-21-17-10-6-5-9-16(17)20(24)22-19)23-11-12-25-18(13-23)15-7-3-2-4-8-15/h2-10,14,18H,11-13H2,1H3,(H,21,22,24)/t14-,18-/m0/s1. The number of ether oxygens (including phenoxy) is 1. The molecular formula is C20H21N3O2. The zero-order valence-corrected chi connectivity index (χ0v) is 14.2. The average molecular weight is 335 g/mol. The average Bonchev–Trinajstić information content (AvgIpc) is 2.68. The molecule has 0 bridgehead atoms. The Balaban J connectivity index is 1.60. The lowest BCUT2D eigenvalue weighted by Crippen LogP contribution is -2.40. The number of fused-ring (bicyclic) bond motifs is 1. The van der Waals surface area contributed by atoms with Gasteiger partial charge in [-0.1, -0.05) is 42.5 Å². The molecule has 2 aromatic carbocycles. The van der Waals surface area contributed by atoms with Crippen LogP contribution in [-0.4, -0.2) is 34.6 Å². The fourth-order valence-electron chi connectivity index (χ4n) is 3.37. The van der Waals surface area contributed by atoms with E-state index in [0.29, 0.717) is 17.8 Å². The number of hydrogen-bond donors (Lipinski definition) is 1. The van der Waals surface area contributed by atoms with E-state index < -0.39 is 0 Å². The van der Waals surface area contributed by atoms with E-state index in [1.54, 1.807) is 6.07 Å². The van der Waals surface area contributed by atoms with Crippen molar-refractivity contribution in [1.29, 1.82) is 0 Å². The predicted molar refractivity (Wildman–Crippen MR) is 97.5 cm³/mol. The van der Waals surface area contributed by atoms with Gasteiger partial charge in [-0.2, -0.15) is 0 Å². The normalized spacial score (nSPS) is 19.8. The van der Waals surface area contributed by atoms with Crippen molar-refractivity contribution >= 4 is 10.9 Å². The molecule has 1 aromatic heterocycles. The van der Waals surface area contributed by atoms with Gasteiger partial charge in [0.05, 0.1) is 29.7 Å². The topological polar surface area (TPSA) is 58.2 Å². The van der Waals surface area contributed by atoms with Crippen LogP contribution in [0.4, 0.5) is 0 Å². The van der Waals surface area contributed by atoms with Crippen LogP contribution in [0.3, 0.4) is 0 Å². The zero-order chi connectivity index (χ0) is 17.2. The van der Waals surface area contributed by atoms with Crippen molar-refractivity contribution in [3.05, 3.63) is 76.3 Å². The van der Waals surface area contributed by atoms with Gasteiger partial charge >= 0.3 is 0 Å². The molecule has 5 heteroatoms. The number of H-pyrrole nitrogens is 1. The van der Waals surface area contributed by atoms with E-state index >= 15 is 0 Å². The van der Waals surface area contributed by atoms with Crippen LogP contribution in [-0.2, 0) is 4.74 Å². The Hall–Kier alpha value is -2.50. The molecule has 1 saturated heterocycles. The molecule has 0 radical (unpaired) electrons. The summed E-state index contributed by atoms with van der Waals surface area (Å²) >= 11 is 0. The van der Waals surface area contributed by atoms with E-state index in [1.165, 1.54) is 5.56 Å². The summed E-state index contributed by atoms with van der Waals surface area (Å²) in [5.74, 6) is 0.706. The Morgan fingerprint density at radius 3 is 2.76 bits per heavy atom. The number of aromatic nitrogens is 2. The highest BCUT2D eigenvalue weighted by Crippen LogP contribution is 2.27. The summed E-state index contributed by atoms with van der Waals surface area (Å²) in [7, 11) is 0. The molecular weight excluding hydrogens is 314 g/mol. The van der Waals surface area contributed by atoms with Crippen LogP contribution in [0.15, 0.2) is 59.4 Å². The number of benzene rings is 2. The van der Waals surface area contributed by atoms with Gasteiger partial charge in [0.25, 0.3) is 5.56 Å². The van der Waals surface area contributed by atoms with E-state index in [9.17, 15) is 4.79 Å². The number of hydrogen-bond acceptors (Lipinski definition) is 4. The maximum atomic E-state index is 12.3. The minimum atomic E-state index is -0.0830. The molecule has 2 atom stereocenters. The molecule has 4 rings (SSSR count). The molecule has 0 unspecified atom stereocenters. The maximum absolute atomic E-state index is 12.3. The van der Waals surface area contributed by atoms with Crippen molar-refractivity contribution in [2.24, 2.45) is 0 Å². The van der Waals surface area contributed by atoms with Crippen LogP contribution >= 0.6 is 0 Å². The highest BCUT2D eigenvalue weighted by molar-refractivity contribution is 5.77. The molecule has 2 heterocycles. The lowest BCUT2D eigenvalue weighted by atomic mass is 10.1. The van der Waals surface area contributed by atoms with E-state index in [1.807, 2.05) is 36.4 Å². The lowest BCUT2D eigenvalue weighted by Gasteiger charge is -2.36. The Morgan fingerprint density at radius 1 is 1.16 bits per heavy atom. The van der Waals surface area contributed by atoms with Gasteiger partial charge in [0.15, 0.2) is 0 Å². The van der Waals surface area contributed by atoms with Crippen molar-refractivity contribution in [1.82, 2.24) is 14.9 Å². The second kappa shape index (κ2) is 6.78. The first-order valence-electron chi connectivity index (χ1n) is 8.62. The molecule has 1 fully saturated rings. The fraction of sp³-hybridized carbons (Fsp3) is 0.300. The molecule has 1 N–H and O–H groups in total. The molecule has 25 heavy (non-hydrogen) atoms. The second-order valence-electron chi connectivity index (χ2n) is 6.41. The van der Waals surface area contributed by atoms with Crippen molar-refractivity contribution in [2.75, 3.05) is 19.7 Å². The Morgan fingerprint density at radius 2 is 1.92 bits per heavy atom. The highest BCUT2D eigenvalue weighted by Gasteiger charge is 2.27. The monoisotopic (exact) mass is 335 g/mol. The van der Waals surface area contributed by atoms with Gasteiger partial charge in [0.2, 0.25) is 0 Å². The summed E-state index contributed by atoms with van der Waals surface area (Å²) in [5.41, 5.74) is 1.83. The molecule has 0 amide bonds. The maximum Gasteiger partial charge on any atom is 0.258 e. The molecule has 3 aromatic rings. The van der Waals surface area contributed by atoms with Gasteiger partial charge in [-0.15, -0.1) is 0 Å². The minimum Gasteiger partial charge on any atom is -0.371 e. The van der Waals surface area contributed by atoms with Crippen LogP contribution in [0.2, 0.25) is 0 Å². The van der Waals surface area contributed by atoms with E-state index in [4.69, 9.17) is 4.74 Å². The zero-order valence-electron chi connectivity index (χ0n) is 14.2. The van der Waals surface area contributed by atoms with Gasteiger partial charge in [-0.25, -0.2) is 4.98 Å². The van der Waals surface area contributed by atoms with Crippen molar-refractivity contribution in [2.45, 2.75) is 19.1 Å². The van der Waals surface area contributed by atoms with Crippen LogP contribution in [0.25, 0.3) is 10.9 Å². The van der Waals surface area contributed by atoms with Crippen LogP contribution in [0.5, 0.6) is 0 Å². The van der Waals surface area contributed by atoms with Gasteiger partial charge in [0, 0.05) is 13.1 Å². The van der Waals surface area contributed by atoms with Gasteiger partial charge in [0.1, 0.15) is 5.82 Å². The van der Waals surface area contributed by atoms with Gasteiger partial charge in [-0.3, -0.25) is 9.69 Å². The Bertz CT molecular complexity index is 923. The lowest BCUT2D eigenvalue weighted by molar-refractivity contribution is -0.0442. The fourth-order valence-corrected chi connectivity index (χ4v) is 3.37. The van der Waals surface area contributed by atoms with E-state index in [-0.39, 0.29) is 17.7 Å². The summed E-state index contributed by atoms with van der Waals surface area (Å²) in [6.45, 7) is 4.35. The van der Waals surface area contributed by atoms with E-state index in [2.05, 4.69) is 33.9 Å². The first-order chi connectivity index (χ1) is 12.2. The number of aromatic amines is 1. The van der Waals surface area contributed by atoms with Crippen LogP contribution < -0.4 is 5.56 Å².